The predicted molar refractivity (Wildman–Crippen MR) is 90.6 cm³/mol. The van der Waals surface area contributed by atoms with Gasteiger partial charge < -0.3 is 19.5 Å². The first-order valence-corrected chi connectivity index (χ1v) is 7.98. The van der Waals surface area contributed by atoms with Crippen LogP contribution in [0, 0.1) is 0 Å². The summed E-state index contributed by atoms with van der Waals surface area (Å²) < 4.78 is 17.2. The normalized spacial score (nSPS) is 18.6. The zero-order valence-electron chi connectivity index (χ0n) is 13.2. The Balaban J connectivity index is 1.89. The van der Waals surface area contributed by atoms with Gasteiger partial charge in [0.25, 0.3) is 0 Å². The molecule has 1 aliphatic heterocycles. The monoisotopic (exact) mass is 347 g/mol. The summed E-state index contributed by atoms with van der Waals surface area (Å²) in [4.78, 5) is 11.4. The standard InChI is InChI=1S/C18H18ClNO4/c1-22-15-9-13(19)7-8-14(15)24-18(12-5-3-2-4-6-12)16-10-20-17(21)11-23-16/h2-9,16,18H,10-11H2,1H3,(H,20,21)/t16-,18?/m0/s1. The lowest BCUT2D eigenvalue weighted by Crippen LogP contribution is -2.46. The molecule has 3 rings (SSSR count). The Morgan fingerprint density at radius 1 is 1.21 bits per heavy atom. The molecule has 1 N–H and O–H groups in total. The van der Waals surface area contributed by atoms with E-state index in [1.54, 1.807) is 25.3 Å². The molecule has 1 fully saturated rings. The highest BCUT2D eigenvalue weighted by Crippen LogP contribution is 2.35. The van der Waals surface area contributed by atoms with Crippen LogP contribution >= 0.6 is 11.6 Å². The zero-order valence-corrected chi connectivity index (χ0v) is 14.0. The maximum Gasteiger partial charge on any atom is 0.246 e. The molecule has 126 valence electrons. The number of hydrogen-bond donors (Lipinski definition) is 1. The van der Waals surface area contributed by atoms with Crippen molar-refractivity contribution in [2.45, 2.75) is 12.2 Å². The van der Waals surface area contributed by atoms with E-state index in [-0.39, 0.29) is 24.7 Å². The highest BCUT2D eigenvalue weighted by Gasteiger charge is 2.30. The molecule has 0 radical (unpaired) electrons. The molecule has 1 aliphatic rings. The number of rotatable bonds is 5. The molecule has 0 aromatic heterocycles. The first-order chi connectivity index (χ1) is 11.7. The molecule has 2 aromatic carbocycles. The van der Waals surface area contributed by atoms with Gasteiger partial charge in [0.2, 0.25) is 5.91 Å². The molecule has 1 amide bonds. The number of ether oxygens (including phenoxy) is 3. The zero-order chi connectivity index (χ0) is 16.9. The van der Waals surface area contributed by atoms with E-state index in [4.69, 9.17) is 25.8 Å². The van der Waals surface area contributed by atoms with Gasteiger partial charge in [-0.05, 0) is 17.7 Å². The van der Waals surface area contributed by atoms with Crippen LogP contribution in [0.15, 0.2) is 48.5 Å². The Morgan fingerprint density at radius 3 is 2.67 bits per heavy atom. The number of hydrogen-bond acceptors (Lipinski definition) is 4. The molecule has 1 saturated heterocycles. The molecular formula is C18H18ClNO4. The van der Waals surface area contributed by atoms with Crippen molar-refractivity contribution >= 4 is 17.5 Å². The Labute approximate surface area is 145 Å². The fraction of sp³-hybridized carbons (Fsp3) is 0.278. The summed E-state index contributed by atoms with van der Waals surface area (Å²) in [7, 11) is 1.56. The molecule has 5 nitrogen and oxygen atoms in total. The summed E-state index contributed by atoms with van der Waals surface area (Å²) in [6.07, 6.45) is -0.688. The molecule has 0 aliphatic carbocycles. The van der Waals surface area contributed by atoms with Gasteiger partial charge in [-0.15, -0.1) is 0 Å². The Kier molecular flexibility index (Phi) is 5.23. The molecule has 1 heterocycles. The summed E-state index contributed by atoms with van der Waals surface area (Å²) in [5.74, 6) is 0.988. The number of benzene rings is 2. The van der Waals surface area contributed by atoms with Gasteiger partial charge in [-0.1, -0.05) is 41.9 Å². The van der Waals surface area contributed by atoms with Gasteiger partial charge in [-0.3, -0.25) is 4.79 Å². The molecular weight excluding hydrogens is 330 g/mol. The van der Waals surface area contributed by atoms with Gasteiger partial charge >= 0.3 is 0 Å². The SMILES string of the molecule is COc1cc(Cl)ccc1OC(c1ccccc1)[C@@H]1CNC(=O)CO1. The van der Waals surface area contributed by atoms with Crippen molar-refractivity contribution in [1.82, 2.24) is 5.32 Å². The summed E-state index contributed by atoms with van der Waals surface area (Å²) in [6.45, 7) is 0.406. The van der Waals surface area contributed by atoms with E-state index >= 15 is 0 Å². The fourth-order valence-corrected chi connectivity index (χ4v) is 2.74. The predicted octanol–water partition coefficient (Wildman–Crippen LogP) is 2.98. The van der Waals surface area contributed by atoms with Crippen LogP contribution in [0.4, 0.5) is 0 Å². The summed E-state index contributed by atoms with van der Waals surface area (Å²) in [5.41, 5.74) is 0.954. The van der Waals surface area contributed by atoms with Gasteiger partial charge in [0.1, 0.15) is 12.7 Å². The number of carbonyl (C=O) groups is 1. The largest absolute Gasteiger partial charge is 0.493 e. The number of morpholine rings is 1. The fourth-order valence-electron chi connectivity index (χ4n) is 2.58. The third kappa shape index (κ3) is 3.80. The molecule has 6 heteroatoms. The van der Waals surface area contributed by atoms with Crippen molar-refractivity contribution in [2.75, 3.05) is 20.3 Å². The molecule has 1 unspecified atom stereocenters. The van der Waals surface area contributed by atoms with Crippen LogP contribution < -0.4 is 14.8 Å². The minimum Gasteiger partial charge on any atom is -0.493 e. The summed E-state index contributed by atoms with van der Waals surface area (Å²) in [5, 5.41) is 3.38. The lowest BCUT2D eigenvalue weighted by atomic mass is 10.0. The topological polar surface area (TPSA) is 56.8 Å². The van der Waals surface area contributed by atoms with E-state index in [0.717, 1.165) is 5.56 Å². The smallest absolute Gasteiger partial charge is 0.246 e. The van der Waals surface area contributed by atoms with Crippen LogP contribution in [0.25, 0.3) is 0 Å². The van der Waals surface area contributed by atoms with Gasteiger partial charge in [-0.25, -0.2) is 0 Å². The highest BCUT2D eigenvalue weighted by atomic mass is 35.5. The van der Waals surface area contributed by atoms with Crippen LogP contribution in [0.1, 0.15) is 11.7 Å². The van der Waals surface area contributed by atoms with Gasteiger partial charge in [0.15, 0.2) is 17.6 Å². The van der Waals surface area contributed by atoms with E-state index in [0.29, 0.717) is 23.1 Å². The van der Waals surface area contributed by atoms with Crippen LogP contribution in [0.5, 0.6) is 11.5 Å². The number of methoxy groups -OCH3 is 1. The lowest BCUT2D eigenvalue weighted by molar-refractivity contribution is -0.137. The third-order valence-corrected chi connectivity index (χ3v) is 4.01. The van der Waals surface area contributed by atoms with E-state index < -0.39 is 0 Å². The maximum atomic E-state index is 11.4. The molecule has 0 spiro atoms. The van der Waals surface area contributed by atoms with Crippen molar-refractivity contribution in [3.05, 3.63) is 59.1 Å². The minimum absolute atomic E-state index is 0.0229. The number of halogens is 1. The minimum atomic E-state index is -0.387. The van der Waals surface area contributed by atoms with Crippen molar-refractivity contribution < 1.29 is 19.0 Å². The van der Waals surface area contributed by atoms with Crippen molar-refractivity contribution in [1.29, 1.82) is 0 Å². The molecule has 24 heavy (non-hydrogen) atoms. The number of nitrogens with one attached hydrogen (secondary N) is 1. The molecule has 2 atom stereocenters. The second kappa shape index (κ2) is 7.55. The summed E-state index contributed by atoms with van der Waals surface area (Å²) >= 11 is 6.01. The van der Waals surface area contributed by atoms with Crippen molar-refractivity contribution in [3.63, 3.8) is 0 Å². The molecule has 2 aromatic rings. The maximum absolute atomic E-state index is 11.4. The van der Waals surface area contributed by atoms with Gasteiger partial charge in [0.05, 0.1) is 7.11 Å². The molecule has 0 bridgehead atoms. The highest BCUT2D eigenvalue weighted by molar-refractivity contribution is 6.30. The van der Waals surface area contributed by atoms with Crippen molar-refractivity contribution in [3.8, 4) is 11.5 Å². The van der Waals surface area contributed by atoms with Crippen molar-refractivity contribution in [2.24, 2.45) is 0 Å². The van der Waals surface area contributed by atoms with E-state index in [1.165, 1.54) is 0 Å². The van der Waals surface area contributed by atoms with Gasteiger partial charge in [0, 0.05) is 17.6 Å². The average Bonchev–Trinajstić information content (AvgIpc) is 2.62. The van der Waals surface area contributed by atoms with E-state index in [1.807, 2.05) is 30.3 Å². The first kappa shape index (κ1) is 16.6. The second-order valence-electron chi connectivity index (χ2n) is 5.40. The second-order valence-corrected chi connectivity index (χ2v) is 5.83. The first-order valence-electron chi connectivity index (χ1n) is 7.61. The lowest BCUT2D eigenvalue weighted by Gasteiger charge is -2.31. The van der Waals surface area contributed by atoms with Crippen LogP contribution in [-0.4, -0.2) is 32.3 Å². The third-order valence-electron chi connectivity index (χ3n) is 3.77. The van der Waals surface area contributed by atoms with E-state index in [9.17, 15) is 4.79 Å². The Bertz CT molecular complexity index is 697. The number of amides is 1. The summed E-state index contributed by atoms with van der Waals surface area (Å²) in [6, 6.07) is 14.9. The van der Waals surface area contributed by atoms with Gasteiger partial charge in [-0.2, -0.15) is 0 Å². The Morgan fingerprint density at radius 2 is 2.00 bits per heavy atom. The quantitative estimate of drug-likeness (QED) is 0.903. The molecule has 0 saturated carbocycles. The van der Waals surface area contributed by atoms with Crippen LogP contribution in [0.3, 0.4) is 0 Å². The van der Waals surface area contributed by atoms with Crippen LogP contribution in [-0.2, 0) is 9.53 Å². The number of carbonyl (C=O) groups excluding carboxylic acids is 1. The van der Waals surface area contributed by atoms with E-state index in [2.05, 4.69) is 5.32 Å². The Hall–Kier alpha value is -2.24. The van der Waals surface area contributed by atoms with Crippen LogP contribution in [0.2, 0.25) is 5.02 Å². The average molecular weight is 348 g/mol.